The molecule has 0 bridgehead atoms. The van der Waals surface area contributed by atoms with Crippen LogP contribution in [-0.4, -0.2) is 16.1 Å². The van der Waals surface area contributed by atoms with Crippen LogP contribution in [0.4, 0.5) is 0 Å². The quantitative estimate of drug-likeness (QED) is 0.611. The third kappa shape index (κ3) is 4.22. The summed E-state index contributed by atoms with van der Waals surface area (Å²) in [6.07, 6.45) is 3.48. The van der Waals surface area contributed by atoms with Crippen molar-refractivity contribution in [2.75, 3.05) is 0 Å². The van der Waals surface area contributed by atoms with Gasteiger partial charge in [-0.25, -0.2) is 4.98 Å². The van der Waals surface area contributed by atoms with E-state index in [2.05, 4.69) is 6.08 Å². The molecule has 1 N–H and O–H groups in total. The standard InChI is InChI=1S/C19H16ClNO2S/c20-15-10-8-13(9-11-15)12-14(4-3-7-18(22)23)19-21-16-5-1-2-6-17(16)24-19/h1-2,5-6,8-12H,3-4,7H2,(H,22,23)/b14-12+. The van der Waals surface area contributed by atoms with E-state index < -0.39 is 5.97 Å². The molecule has 1 aromatic heterocycles. The number of hydrogen-bond donors (Lipinski definition) is 1. The van der Waals surface area contributed by atoms with Gasteiger partial charge in [0.1, 0.15) is 5.01 Å². The second kappa shape index (κ2) is 7.60. The second-order valence-electron chi connectivity index (χ2n) is 5.46. The van der Waals surface area contributed by atoms with E-state index in [-0.39, 0.29) is 6.42 Å². The first kappa shape index (κ1) is 16.7. The number of fused-ring (bicyclic) bond motifs is 1. The van der Waals surface area contributed by atoms with E-state index in [1.54, 1.807) is 11.3 Å². The van der Waals surface area contributed by atoms with E-state index in [9.17, 15) is 4.79 Å². The number of thiazole rings is 1. The van der Waals surface area contributed by atoms with Crippen molar-refractivity contribution in [1.82, 2.24) is 4.98 Å². The molecule has 0 saturated carbocycles. The summed E-state index contributed by atoms with van der Waals surface area (Å²) in [5, 5.41) is 10.5. The van der Waals surface area contributed by atoms with Gasteiger partial charge in [-0.05, 0) is 54.3 Å². The summed E-state index contributed by atoms with van der Waals surface area (Å²) in [4.78, 5) is 15.5. The highest BCUT2D eigenvalue weighted by atomic mass is 35.5. The zero-order valence-corrected chi connectivity index (χ0v) is 14.5. The molecular weight excluding hydrogens is 342 g/mol. The van der Waals surface area contributed by atoms with Crippen LogP contribution < -0.4 is 0 Å². The SMILES string of the molecule is O=C(O)CCC/C(=C\c1ccc(Cl)cc1)c1nc2ccccc2s1. The van der Waals surface area contributed by atoms with Crippen LogP contribution in [0.2, 0.25) is 5.02 Å². The Kier molecular flexibility index (Phi) is 5.28. The summed E-state index contributed by atoms with van der Waals surface area (Å²) in [5.41, 5.74) is 3.06. The first-order chi connectivity index (χ1) is 11.6. The van der Waals surface area contributed by atoms with Crippen LogP contribution in [0, 0.1) is 0 Å². The lowest BCUT2D eigenvalue weighted by atomic mass is 10.1. The van der Waals surface area contributed by atoms with Crippen LogP contribution in [0.3, 0.4) is 0 Å². The van der Waals surface area contributed by atoms with Crippen LogP contribution in [0.25, 0.3) is 21.9 Å². The number of para-hydroxylation sites is 1. The molecule has 0 fully saturated rings. The van der Waals surface area contributed by atoms with Crippen LogP contribution >= 0.6 is 22.9 Å². The number of carboxylic acid groups (broad SMARTS) is 1. The zero-order chi connectivity index (χ0) is 16.9. The van der Waals surface area contributed by atoms with Crippen LogP contribution in [0.15, 0.2) is 48.5 Å². The lowest BCUT2D eigenvalue weighted by Crippen LogP contribution is -1.94. The van der Waals surface area contributed by atoms with Crippen molar-refractivity contribution < 1.29 is 9.90 Å². The molecule has 0 aliphatic heterocycles. The highest BCUT2D eigenvalue weighted by Crippen LogP contribution is 2.31. The van der Waals surface area contributed by atoms with E-state index in [1.165, 1.54) is 0 Å². The molecule has 0 unspecified atom stereocenters. The summed E-state index contributed by atoms with van der Waals surface area (Å²) < 4.78 is 1.13. The highest BCUT2D eigenvalue weighted by Gasteiger charge is 2.10. The Bertz CT molecular complexity index is 851. The largest absolute Gasteiger partial charge is 0.481 e. The third-order valence-corrected chi connectivity index (χ3v) is 4.98. The zero-order valence-electron chi connectivity index (χ0n) is 12.9. The van der Waals surface area contributed by atoms with Crippen molar-refractivity contribution in [1.29, 1.82) is 0 Å². The Balaban J connectivity index is 1.93. The number of carbonyl (C=O) groups is 1. The summed E-state index contributed by atoms with van der Waals surface area (Å²) in [6.45, 7) is 0. The van der Waals surface area contributed by atoms with Crippen LogP contribution in [-0.2, 0) is 4.79 Å². The number of nitrogens with zero attached hydrogens (tertiary/aromatic N) is 1. The Morgan fingerprint density at radius 1 is 1.12 bits per heavy atom. The lowest BCUT2D eigenvalue weighted by Gasteiger charge is -2.04. The van der Waals surface area contributed by atoms with Gasteiger partial charge in [0.25, 0.3) is 0 Å². The van der Waals surface area contributed by atoms with E-state index in [1.807, 2.05) is 48.5 Å². The maximum absolute atomic E-state index is 10.8. The molecule has 0 atom stereocenters. The molecule has 1 heterocycles. The van der Waals surface area contributed by atoms with Gasteiger partial charge in [-0.3, -0.25) is 4.79 Å². The van der Waals surface area contributed by atoms with Crippen molar-refractivity contribution in [2.24, 2.45) is 0 Å². The molecule has 0 aliphatic rings. The van der Waals surface area contributed by atoms with Crippen LogP contribution in [0.5, 0.6) is 0 Å². The maximum Gasteiger partial charge on any atom is 0.303 e. The topological polar surface area (TPSA) is 50.2 Å². The van der Waals surface area contributed by atoms with Crippen molar-refractivity contribution in [3.05, 3.63) is 64.1 Å². The molecule has 122 valence electrons. The molecule has 0 aliphatic carbocycles. The Labute approximate surface area is 149 Å². The van der Waals surface area contributed by atoms with Crippen molar-refractivity contribution in [2.45, 2.75) is 19.3 Å². The molecular formula is C19H16ClNO2S. The predicted molar refractivity (Wildman–Crippen MR) is 100 cm³/mol. The Morgan fingerprint density at radius 2 is 1.88 bits per heavy atom. The minimum Gasteiger partial charge on any atom is -0.481 e. The normalized spacial score (nSPS) is 11.8. The summed E-state index contributed by atoms with van der Waals surface area (Å²) in [5.74, 6) is -0.773. The first-order valence-electron chi connectivity index (χ1n) is 7.66. The molecule has 2 aromatic carbocycles. The Hall–Kier alpha value is -2.17. The fraction of sp³-hybridized carbons (Fsp3) is 0.158. The fourth-order valence-corrected chi connectivity index (χ4v) is 3.58. The number of rotatable bonds is 6. The van der Waals surface area contributed by atoms with Crippen molar-refractivity contribution >= 4 is 50.8 Å². The van der Waals surface area contributed by atoms with Gasteiger partial charge in [-0.2, -0.15) is 0 Å². The number of halogens is 1. The van der Waals surface area contributed by atoms with Crippen molar-refractivity contribution in [3.63, 3.8) is 0 Å². The molecule has 0 spiro atoms. The molecule has 3 aromatic rings. The van der Waals surface area contributed by atoms with Gasteiger partial charge in [-0.15, -0.1) is 11.3 Å². The molecule has 3 nitrogen and oxygen atoms in total. The average molecular weight is 358 g/mol. The third-order valence-electron chi connectivity index (χ3n) is 3.62. The predicted octanol–water partition coefficient (Wildman–Crippen LogP) is 5.75. The molecule has 0 amide bonds. The summed E-state index contributed by atoms with van der Waals surface area (Å²) in [6, 6.07) is 15.6. The summed E-state index contributed by atoms with van der Waals surface area (Å²) >= 11 is 7.57. The van der Waals surface area contributed by atoms with Gasteiger partial charge >= 0.3 is 5.97 Å². The lowest BCUT2D eigenvalue weighted by molar-refractivity contribution is -0.137. The van der Waals surface area contributed by atoms with Gasteiger partial charge in [0.15, 0.2) is 0 Å². The number of carboxylic acids is 1. The molecule has 3 rings (SSSR count). The van der Waals surface area contributed by atoms with E-state index in [0.29, 0.717) is 17.9 Å². The van der Waals surface area contributed by atoms with Gasteiger partial charge in [0.05, 0.1) is 10.2 Å². The minimum absolute atomic E-state index is 0.156. The second-order valence-corrected chi connectivity index (χ2v) is 6.92. The maximum atomic E-state index is 10.8. The van der Waals surface area contributed by atoms with Crippen molar-refractivity contribution in [3.8, 4) is 0 Å². The molecule has 0 radical (unpaired) electrons. The molecule has 24 heavy (non-hydrogen) atoms. The number of benzene rings is 2. The Morgan fingerprint density at radius 3 is 2.58 bits per heavy atom. The minimum atomic E-state index is -0.773. The van der Waals surface area contributed by atoms with Gasteiger partial charge in [-0.1, -0.05) is 35.9 Å². The number of aromatic nitrogens is 1. The van der Waals surface area contributed by atoms with E-state index in [4.69, 9.17) is 21.7 Å². The highest BCUT2D eigenvalue weighted by molar-refractivity contribution is 7.19. The summed E-state index contributed by atoms with van der Waals surface area (Å²) in [7, 11) is 0. The van der Waals surface area contributed by atoms with E-state index >= 15 is 0 Å². The van der Waals surface area contributed by atoms with Gasteiger partial charge in [0, 0.05) is 11.4 Å². The monoisotopic (exact) mass is 357 g/mol. The first-order valence-corrected chi connectivity index (χ1v) is 8.85. The van der Waals surface area contributed by atoms with Gasteiger partial charge < -0.3 is 5.11 Å². The van der Waals surface area contributed by atoms with E-state index in [0.717, 1.165) is 26.4 Å². The van der Waals surface area contributed by atoms with Gasteiger partial charge in [0.2, 0.25) is 0 Å². The molecule has 0 saturated heterocycles. The fourth-order valence-electron chi connectivity index (χ4n) is 2.44. The van der Waals surface area contributed by atoms with Crippen LogP contribution in [0.1, 0.15) is 29.8 Å². The smallest absolute Gasteiger partial charge is 0.303 e. The number of hydrogen-bond acceptors (Lipinski definition) is 3. The average Bonchev–Trinajstić information content (AvgIpc) is 2.99. The number of allylic oxidation sites excluding steroid dienone is 1. The number of aliphatic carboxylic acids is 1. The molecule has 5 heteroatoms.